The number of carbonyl (C=O) groups is 1. The number of benzene rings is 2. The van der Waals surface area contributed by atoms with Gasteiger partial charge in [0, 0.05) is 18.2 Å². The summed E-state index contributed by atoms with van der Waals surface area (Å²) in [4.78, 5) is 26.1. The molecule has 0 radical (unpaired) electrons. The van der Waals surface area contributed by atoms with Crippen molar-refractivity contribution in [2.45, 2.75) is 6.54 Å². The number of hydrogen-bond donors (Lipinski definition) is 2. The van der Waals surface area contributed by atoms with Crippen molar-refractivity contribution in [2.24, 2.45) is 0 Å². The molecule has 1 aromatic heterocycles. The van der Waals surface area contributed by atoms with E-state index in [4.69, 9.17) is 23.2 Å². The number of halogens is 3. The molecule has 0 unspecified atom stereocenters. The van der Waals surface area contributed by atoms with Crippen LogP contribution < -0.4 is 10.9 Å². The normalized spacial score (nSPS) is 10.6. The van der Waals surface area contributed by atoms with Crippen LogP contribution in [0.4, 0.5) is 4.39 Å². The lowest BCUT2D eigenvalue weighted by molar-refractivity contribution is 0.0951. The minimum Gasteiger partial charge on any atom is -0.348 e. The molecule has 0 aliphatic rings. The lowest BCUT2D eigenvalue weighted by Crippen LogP contribution is -2.23. The van der Waals surface area contributed by atoms with Crippen LogP contribution in [-0.2, 0) is 6.54 Å². The second kappa shape index (κ2) is 7.72. The molecule has 4 nitrogen and oxygen atoms in total. The summed E-state index contributed by atoms with van der Waals surface area (Å²) in [5.74, 6) is -0.901. The van der Waals surface area contributed by atoms with Gasteiger partial charge in [-0.15, -0.1) is 0 Å². The molecule has 1 heterocycles. The smallest absolute Gasteiger partial charge is 0.254 e. The summed E-state index contributed by atoms with van der Waals surface area (Å²) in [6, 6.07) is 13.9. The van der Waals surface area contributed by atoms with Gasteiger partial charge in [-0.2, -0.15) is 0 Å². The standard InChI is InChI=1S/C19H13Cl2FN2O2/c20-13-2-1-3-14(21)17(13)19(26)23-10-11-4-6-12(7-5-11)18-15(22)8-9-16(25)24-18/h1-9H,10H2,(H,23,26)(H,24,25). The molecule has 0 atom stereocenters. The zero-order valence-corrected chi connectivity index (χ0v) is 14.9. The van der Waals surface area contributed by atoms with E-state index in [1.807, 2.05) is 0 Å². The van der Waals surface area contributed by atoms with Crippen LogP contribution in [-0.4, -0.2) is 10.9 Å². The predicted octanol–water partition coefficient (Wildman–Crippen LogP) is 4.42. The number of carbonyl (C=O) groups excluding carboxylic acids is 1. The Hall–Kier alpha value is -2.63. The molecular formula is C19H13Cl2FN2O2. The molecule has 3 rings (SSSR count). The van der Waals surface area contributed by atoms with Gasteiger partial charge in [-0.3, -0.25) is 9.59 Å². The van der Waals surface area contributed by atoms with Crippen LogP contribution in [0.5, 0.6) is 0 Å². The number of amides is 1. The lowest BCUT2D eigenvalue weighted by Gasteiger charge is -2.09. The van der Waals surface area contributed by atoms with Crippen molar-refractivity contribution in [3.05, 3.63) is 91.9 Å². The number of rotatable bonds is 4. The third-order valence-corrected chi connectivity index (χ3v) is 4.38. The molecule has 26 heavy (non-hydrogen) atoms. The largest absolute Gasteiger partial charge is 0.348 e. The van der Waals surface area contributed by atoms with Gasteiger partial charge in [-0.05, 0) is 23.8 Å². The molecule has 2 N–H and O–H groups in total. The van der Waals surface area contributed by atoms with E-state index in [9.17, 15) is 14.0 Å². The van der Waals surface area contributed by atoms with Gasteiger partial charge in [-0.1, -0.05) is 53.5 Å². The Morgan fingerprint density at radius 3 is 2.31 bits per heavy atom. The first-order valence-corrected chi connectivity index (χ1v) is 8.41. The van der Waals surface area contributed by atoms with Gasteiger partial charge in [0.25, 0.3) is 5.91 Å². The van der Waals surface area contributed by atoms with Crippen LogP contribution in [0.1, 0.15) is 15.9 Å². The number of nitrogens with one attached hydrogen (secondary N) is 2. The van der Waals surface area contributed by atoms with Crippen molar-refractivity contribution < 1.29 is 9.18 Å². The molecule has 3 aromatic rings. The van der Waals surface area contributed by atoms with Gasteiger partial charge < -0.3 is 10.3 Å². The Morgan fingerprint density at radius 2 is 1.65 bits per heavy atom. The maximum absolute atomic E-state index is 13.8. The Bertz CT molecular complexity index is 997. The number of aromatic amines is 1. The Morgan fingerprint density at radius 1 is 1.00 bits per heavy atom. The SMILES string of the molecule is O=C(NCc1ccc(-c2[nH]c(=O)ccc2F)cc1)c1c(Cl)cccc1Cl. The van der Waals surface area contributed by atoms with Crippen molar-refractivity contribution in [3.8, 4) is 11.3 Å². The van der Waals surface area contributed by atoms with E-state index in [2.05, 4.69) is 10.3 Å². The molecule has 7 heteroatoms. The molecule has 0 saturated heterocycles. The summed E-state index contributed by atoms with van der Waals surface area (Å²) in [6.45, 7) is 0.245. The average Bonchev–Trinajstić information content (AvgIpc) is 2.62. The summed E-state index contributed by atoms with van der Waals surface area (Å²) >= 11 is 12.0. The van der Waals surface area contributed by atoms with Crippen LogP contribution in [0.2, 0.25) is 10.0 Å². The van der Waals surface area contributed by atoms with E-state index < -0.39 is 5.82 Å². The third-order valence-electron chi connectivity index (χ3n) is 3.75. The van der Waals surface area contributed by atoms with Crippen molar-refractivity contribution in [3.63, 3.8) is 0 Å². The molecule has 0 spiro atoms. The van der Waals surface area contributed by atoms with Crippen molar-refractivity contribution in [1.29, 1.82) is 0 Å². The fraction of sp³-hybridized carbons (Fsp3) is 0.0526. The second-order valence-corrected chi connectivity index (χ2v) is 6.34. The molecule has 0 saturated carbocycles. The van der Waals surface area contributed by atoms with E-state index >= 15 is 0 Å². The lowest BCUT2D eigenvalue weighted by atomic mass is 10.1. The average molecular weight is 391 g/mol. The van der Waals surface area contributed by atoms with Crippen LogP contribution in [0.15, 0.2) is 59.4 Å². The van der Waals surface area contributed by atoms with Gasteiger partial charge in [0.15, 0.2) is 0 Å². The summed E-state index contributed by atoms with van der Waals surface area (Å²) in [7, 11) is 0. The van der Waals surface area contributed by atoms with Gasteiger partial charge in [0.1, 0.15) is 5.82 Å². The monoisotopic (exact) mass is 390 g/mol. The van der Waals surface area contributed by atoms with Crippen molar-refractivity contribution in [1.82, 2.24) is 10.3 Å². The molecule has 0 aliphatic carbocycles. The second-order valence-electron chi connectivity index (χ2n) is 5.52. The Balaban J connectivity index is 1.73. The molecule has 2 aromatic carbocycles. The molecule has 1 amide bonds. The highest BCUT2D eigenvalue weighted by Crippen LogP contribution is 2.24. The molecule has 0 aliphatic heterocycles. The minimum atomic E-state index is -0.515. The summed E-state index contributed by atoms with van der Waals surface area (Å²) in [5, 5.41) is 3.28. The summed E-state index contributed by atoms with van der Waals surface area (Å²) in [6.07, 6.45) is 0. The van der Waals surface area contributed by atoms with Crippen molar-refractivity contribution in [2.75, 3.05) is 0 Å². The number of hydrogen-bond acceptors (Lipinski definition) is 2. The van der Waals surface area contributed by atoms with Crippen LogP contribution in [0, 0.1) is 5.82 Å². The van der Waals surface area contributed by atoms with Crippen molar-refractivity contribution >= 4 is 29.1 Å². The maximum Gasteiger partial charge on any atom is 0.254 e. The molecule has 0 fully saturated rings. The first-order valence-electron chi connectivity index (χ1n) is 7.66. The first-order chi connectivity index (χ1) is 12.5. The summed E-state index contributed by atoms with van der Waals surface area (Å²) in [5.41, 5.74) is 1.29. The third kappa shape index (κ3) is 3.95. The van der Waals surface area contributed by atoms with Crippen LogP contribution in [0.25, 0.3) is 11.3 Å². The predicted molar refractivity (Wildman–Crippen MR) is 100 cm³/mol. The number of aromatic nitrogens is 1. The van der Waals surface area contributed by atoms with Crippen LogP contribution >= 0.6 is 23.2 Å². The van der Waals surface area contributed by atoms with E-state index in [1.54, 1.807) is 42.5 Å². The fourth-order valence-corrected chi connectivity index (χ4v) is 3.01. The molecular weight excluding hydrogens is 378 g/mol. The van der Waals surface area contributed by atoms with Gasteiger partial charge >= 0.3 is 0 Å². The summed E-state index contributed by atoms with van der Waals surface area (Å²) < 4.78 is 13.8. The van der Waals surface area contributed by atoms with Gasteiger partial charge in [0.2, 0.25) is 5.56 Å². The molecule has 0 bridgehead atoms. The number of H-pyrrole nitrogens is 1. The first kappa shape index (κ1) is 18.2. The topological polar surface area (TPSA) is 62.0 Å². The molecule has 132 valence electrons. The van der Waals surface area contributed by atoms with E-state index in [-0.39, 0.29) is 39.3 Å². The van der Waals surface area contributed by atoms with E-state index in [0.717, 1.165) is 17.7 Å². The Labute approximate surface area is 158 Å². The fourth-order valence-electron chi connectivity index (χ4n) is 2.44. The van der Waals surface area contributed by atoms with E-state index in [0.29, 0.717) is 5.56 Å². The maximum atomic E-state index is 13.8. The number of pyridine rings is 1. The highest BCUT2D eigenvalue weighted by molar-refractivity contribution is 6.39. The highest BCUT2D eigenvalue weighted by atomic mass is 35.5. The minimum absolute atomic E-state index is 0.121. The zero-order valence-electron chi connectivity index (χ0n) is 13.4. The highest BCUT2D eigenvalue weighted by Gasteiger charge is 2.14. The van der Waals surface area contributed by atoms with Gasteiger partial charge in [0.05, 0.1) is 21.3 Å². The Kier molecular flexibility index (Phi) is 5.40. The van der Waals surface area contributed by atoms with E-state index in [1.165, 1.54) is 0 Å². The van der Waals surface area contributed by atoms with Gasteiger partial charge in [-0.25, -0.2) is 4.39 Å². The van der Waals surface area contributed by atoms with Crippen LogP contribution in [0.3, 0.4) is 0 Å². The quantitative estimate of drug-likeness (QED) is 0.692. The zero-order chi connectivity index (χ0) is 18.7.